The molecule has 100 valence electrons. The van der Waals surface area contributed by atoms with Gasteiger partial charge in [0.05, 0.1) is 12.2 Å². The van der Waals surface area contributed by atoms with Crippen molar-refractivity contribution in [2.75, 3.05) is 0 Å². The number of hydrogen-bond acceptors (Lipinski definition) is 1. The first kappa shape index (κ1) is 13.5. The summed E-state index contributed by atoms with van der Waals surface area (Å²) in [5.41, 5.74) is 3.07. The predicted octanol–water partition coefficient (Wildman–Crippen LogP) is 4.50. The van der Waals surface area contributed by atoms with Gasteiger partial charge in [-0.05, 0) is 61.8 Å². The Kier molecular flexibility index (Phi) is 4.06. The molecule has 2 heteroatoms. The van der Waals surface area contributed by atoms with E-state index in [9.17, 15) is 4.39 Å². The van der Waals surface area contributed by atoms with Crippen LogP contribution in [0, 0.1) is 19.7 Å². The Labute approximate surface area is 109 Å². The molecule has 3 atom stereocenters. The highest BCUT2D eigenvalue weighted by Crippen LogP contribution is 2.37. The van der Waals surface area contributed by atoms with Crippen LogP contribution in [-0.4, -0.2) is 12.2 Å². The molecule has 0 bridgehead atoms. The lowest BCUT2D eigenvalue weighted by molar-refractivity contribution is 0.347. The summed E-state index contributed by atoms with van der Waals surface area (Å²) in [6.07, 6.45) is 3.75. The van der Waals surface area contributed by atoms with Crippen LogP contribution >= 0.6 is 0 Å². The molecule has 0 amide bonds. The molecule has 1 saturated heterocycles. The Balaban J connectivity index is 2.14. The summed E-state index contributed by atoms with van der Waals surface area (Å²) in [5.74, 6) is 0.226. The van der Waals surface area contributed by atoms with Crippen LogP contribution in [0.2, 0.25) is 0 Å². The Morgan fingerprint density at radius 1 is 1.17 bits per heavy atom. The van der Waals surface area contributed by atoms with Gasteiger partial charge in [0, 0.05) is 0 Å². The fraction of sp³-hybridized carbons (Fsp3) is 0.625. The normalized spacial score (nSPS) is 24.1. The average Bonchev–Trinajstić information content (AvgIpc) is 3.09. The number of hydrogen-bond donors (Lipinski definition) is 0. The lowest BCUT2D eigenvalue weighted by Crippen LogP contribution is -2.07. The summed E-state index contributed by atoms with van der Waals surface area (Å²) in [6, 6.07) is 3.68. The Morgan fingerprint density at radius 2 is 1.83 bits per heavy atom. The molecule has 3 unspecified atom stereocenters. The average molecular weight is 250 g/mol. The molecule has 1 fully saturated rings. The lowest BCUT2D eigenvalue weighted by atomic mass is 9.88. The molecular weight excluding hydrogens is 227 g/mol. The van der Waals surface area contributed by atoms with E-state index in [0.717, 1.165) is 30.4 Å². The molecule has 1 nitrogen and oxygen atoms in total. The maximum atomic E-state index is 14.1. The lowest BCUT2D eigenvalue weighted by Gasteiger charge is -2.17. The van der Waals surface area contributed by atoms with Gasteiger partial charge in [0.1, 0.15) is 5.82 Å². The number of epoxide rings is 1. The third kappa shape index (κ3) is 2.74. The van der Waals surface area contributed by atoms with Gasteiger partial charge in [-0.1, -0.05) is 19.9 Å². The molecule has 0 aliphatic carbocycles. The van der Waals surface area contributed by atoms with Crippen LogP contribution in [-0.2, 0) is 4.74 Å². The molecular formula is C16H23FO. The van der Waals surface area contributed by atoms with Gasteiger partial charge in [0.25, 0.3) is 0 Å². The van der Waals surface area contributed by atoms with Crippen LogP contribution in [0.15, 0.2) is 12.1 Å². The summed E-state index contributed by atoms with van der Waals surface area (Å²) in [4.78, 5) is 0. The second-order valence-corrected chi connectivity index (χ2v) is 5.42. The van der Waals surface area contributed by atoms with E-state index in [2.05, 4.69) is 13.8 Å². The zero-order valence-electron chi connectivity index (χ0n) is 11.8. The fourth-order valence-electron chi connectivity index (χ4n) is 2.66. The molecule has 1 aliphatic rings. The quantitative estimate of drug-likeness (QED) is 0.701. The molecule has 1 aromatic carbocycles. The SMILES string of the molecule is CCC(CC1OC1CC)c1cc(C)c(C)cc1F. The van der Waals surface area contributed by atoms with E-state index in [-0.39, 0.29) is 11.7 Å². The maximum Gasteiger partial charge on any atom is 0.126 e. The minimum absolute atomic E-state index is 0.0568. The number of ether oxygens (including phenoxy) is 1. The monoisotopic (exact) mass is 250 g/mol. The predicted molar refractivity (Wildman–Crippen MR) is 72.5 cm³/mol. The van der Waals surface area contributed by atoms with Gasteiger partial charge in [-0.2, -0.15) is 0 Å². The van der Waals surface area contributed by atoms with Crippen molar-refractivity contribution in [1.82, 2.24) is 0 Å². The first-order valence-electron chi connectivity index (χ1n) is 6.98. The van der Waals surface area contributed by atoms with E-state index in [0.29, 0.717) is 12.2 Å². The third-order valence-corrected chi connectivity index (χ3v) is 4.15. The van der Waals surface area contributed by atoms with Gasteiger partial charge in [-0.15, -0.1) is 0 Å². The highest BCUT2D eigenvalue weighted by atomic mass is 19.1. The first-order valence-corrected chi connectivity index (χ1v) is 6.98. The Morgan fingerprint density at radius 3 is 2.39 bits per heavy atom. The summed E-state index contributed by atoms with van der Waals surface area (Å²) >= 11 is 0. The smallest absolute Gasteiger partial charge is 0.126 e. The topological polar surface area (TPSA) is 12.5 Å². The summed E-state index contributed by atoms with van der Waals surface area (Å²) in [7, 11) is 0. The number of rotatable bonds is 5. The van der Waals surface area contributed by atoms with E-state index in [1.807, 2.05) is 19.9 Å². The van der Waals surface area contributed by atoms with E-state index < -0.39 is 0 Å². The second kappa shape index (κ2) is 5.40. The third-order valence-electron chi connectivity index (χ3n) is 4.15. The van der Waals surface area contributed by atoms with Crippen molar-refractivity contribution < 1.29 is 9.13 Å². The van der Waals surface area contributed by atoms with Crippen LogP contribution in [0.3, 0.4) is 0 Å². The van der Waals surface area contributed by atoms with Crippen molar-refractivity contribution in [2.45, 2.75) is 65.1 Å². The molecule has 0 radical (unpaired) electrons. The van der Waals surface area contributed by atoms with Crippen LogP contribution in [0.1, 0.15) is 55.7 Å². The number of halogens is 1. The van der Waals surface area contributed by atoms with Crippen molar-refractivity contribution in [3.8, 4) is 0 Å². The highest BCUT2D eigenvalue weighted by molar-refractivity contribution is 5.33. The van der Waals surface area contributed by atoms with Gasteiger partial charge in [0.2, 0.25) is 0 Å². The maximum absolute atomic E-state index is 14.1. The molecule has 1 heterocycles. The first-order chi connectivity index (χ1) is 8.56. The van der Waals surface area contributed by atoms with Gasteiger partial charge in [0.15, 0.2) is 0 Å². The van der Waals surface area contributed by atoms with Gasteiger partial charge >= 0.3 is 0 Å². The van der Waals surface area contributed by atoms with Gasteiger partial charge in [-0.3, -0.25) is 0 Å². The fourth-order valence-corrected chi connectivity index (χ4v) is 2.66. The Bertz CT molecular complexity index is 427. The Hall–Kier alpha value is -0.890. The van der Waals surface area contributed by atoms with Gasteiger partial charge < -0.3 is 4.74 Å². The highest BCUT2D eigenvalue weighted by Gasteiger charge is 2.38. The van der Waals surface area contributed by atoms with Crippen molar-refractivity contribution in [3.63, 3.8) is 0 Å². The molecule has 0 aromatic heterocycles. The number of benzene rings is 1. The largest absolute Gasteiger partial charge is 0.370 e. The summed E-state index contributed by atoms with van der Waals surface area (Å²) in [5, 5.41) is 0. The van der Waals surface area contributed by atoms with Crippen molar-refractivity contribution in [1.29, 1.82) is 0 Å². The molecule has 18 heavy (non-hydrogen) atoms. The van der Waals surface area contributed by atoms with Crippen molar-refractivity contribution in [2.24, 2.45) is 0 Å². The van der Waals surface area contributed by atoms with Crippen LogP contribution < -0.4 is 0 Å². The van der Waals surface area contributed by atoms with Crippen LogP contribution in [0.4, 0.5) is 4.39 Å². The standard InChI is InChI=1S/C16H23FO/c1-5-12(9-16-15(6-2)18-16)13-7-10(3)11(4)8-14(13)17/h7-8,12,15-16H,5-6,9H2,1-4H3. The summed E-state index contributed by atoms with van der Waals surface area (Å²) < 4.78 is 19.7. The van der Waals surface area contributed by atoms with Crippen molar-refractivity contribution in [3.05, 3.63) is 34.6 Å². The molecule has 1 aliphatic heterocycles. The second-order valence-electron chi connectivity index (χ2n) is 5.42. The van der Waals surface area contributed by atoms with Gasteiger partial charge in [-0.25, -0.2) is 4.39 Å². The van der Waals surface area contributed by atoms with E-state index in [1.54, 1.807) is 6.07 Å². The molecule has 1 aromatic rings. The zero-order valence-corrected chi connectivity index (χ0v) is 11.8. The van der Waals surface area contributed by atoms with Crippen LogP contribution in [0.25, 0.3) is 0 Å². The minimum Gasteiger partial charge on any atom is -0.370 e. The molecule has 0 saturated carbocycles. The molecule has 0 spiro atoms. The van der Waals surface area contributed by atoms with E-state index in [1.165, 1.54) is 5.56 Å². The van der Waals surface area contributed by atoms with E-state index >= 15 is 0 Å². The minimum atomic E-state index is -0.0568. The summed E-state index contributed by atoms with van der Waals surface area (Å²) in [6.45, 7) is 8.28. The molecule has 2 rings (SSSR count). The number of aryl methyl sites for hydroxylation is 2. The van der Waals surface area contributed by atoms with Crippen molar-refractivity contribution >= 4 is 0 Å². The van der Waals surface area contributed by atoms with Crippen LogP contribution in [0.5, 0.6) is 0 Å². The zero-order chi connectivity index (χ0) is 13.3. The van der Waals surface area contributed by atoms with E-state index in [4.69, 9.17) is 4.74 Å². The molecule has 0 N–H and O–H groups in total.